The lowest BCUT2D eigenvalue weighted by molar-refractivity contribution is 0.779. The summed E-state index contributed by atoms with van der Waals surface area (Å²) in [5, 5.41) is 7.98. The molecule has 9 heteroatoms. The minimum atomic E-state index is 0.735. The third-order valence-corrected chi connectivity index (χ3v) is 25.1. The van der Waals surface area contributed by atoms with Gasteiger partial charge in [0.2, 0.25) is 0 Å². The maximum absolute atomic E-state index is 4.73. The number of nitrogens with zero attached hydrogens (tertiary/aromatic N) is 9. The second-order valence-electron chi connectivity index (χ2n) is 32.7. The van der Waals surface area contributed by atoms with Crippen molar-refractivity contribution in [2.24, 2.45) is 0 Å². The zero-order valence-electron chi connectivity index (χ0n) is 83.1. The van der Waals surface area contributed by atoms with Gasteiger partial charge < -0.3 is 0 Å². The van der Waals surface area contributed by atoms with Gasteiger partial charge >= 0.3 is 0 Å². The maximum Gasteiger partial charge on any atom is 0.137 e. The van der Waals surface area contributed by atoms with Gasteiger partial charge in [0.25, 0.3) is 0 Å². The third-order valence-electron chi connectivity index (χ3n) is 25.1. The first kappa shape index (κ1) is 98.6. The van der Waals surface area contributed by atoms with Crippen LogP contribution in [0.4, 0.5) is 0 Å². The molecule has 6 aliphatic carbocycles. The molecule has 0 unspecified atom stereocenters. The number of hydrogen-bond donors (Lipinski definition) is 0. The van der Waals surface area contributed by atoms with Crippen molar-refractivity contribution >= 4 is 32.3 Å². The Hall–Kier alpha value is -13.9. The number of aromatic nitrogens is 9. The molecule has 15 aromatic carbocycles. The summed E-state index contributed by atoms with van der Waals surface area (Å²) >= 11 is 0. The molecule has 18 aromatic rings. The van der Waals surface area contributed by atoms with E-state index in [0.717, 1.165) is 149 Å². The van der Waals surface area contributed by atoms with Gasteiger partial charge in [0.15, 0.2) is 0 Å². The number of aryl methyl sites for hydroxylation is 6. The van der Waals surface area contributed by atoms with Gasteiger partial charge in [-0.1, -0.05) is 428 Å². The van der Waals surface area contributed by atoms with E-state index < -0.39 is 0 Å². The average molecular weight is 1780 g/mol. The lowest BCUT2D eigenvalue weighted by Crippen LogP contribution is -2.08. The Morgan fingerprint density at radius 3 is 0.822 bits per heavy atom. The van der Waals surface area contributed by atoms with Crippen LogP contribution in [0.1, 0.15) is 260 Å². The topological polar surface area (TPSA) is 116 Å². The maximum atomic E-state index is 4.73. The van der Waals surface area contributed by atoms with Crippen molar-refractivity contribution in [2.45, 2.75) is 221 Å². The minimum absolute atomic E-state index is 0.735. The Kier molecular flexibility index (Phi) is 35.6. The summed E-state index contributed by atoms with van der Waals surface area (Å²) < 4.78 is 0. The second kappa shape index (κ2) is 48.7. The van der Waals surface area contributed by atoms with Gasteiger partial charge in [0.1, 0.15) is 52.4 Å². The van der Waals surface area contributed by atoms with Crippen LogP contribution in [-0.2, 0) is 96.3 Å². The highest BCUT2D eigenvalue weighted by molar-refractivity contribution is 6.00. The standard InChI is InChI=1S/3C25H23N3.3C13H10.6C2H6/c1-3-22-26-23(4-2)28-24(27-22)15-18-13-16-9-5-7-11-19(16)21-14-17-10-6-8-12-20(17)25(18)21;1-3-23-26-24(4-2)28-25(27-23)15-17-14-21-18-10-6-5-9-16(18)13-22(21)20-12-8-7-11-19(17)20;1-3-22-26-23(4-2)28-24(27-22)15-18-10-7-9-16-12-13-20-19-11-6-5-8-17(19)14-21(20)25(16)18;3*1-3-7-12-10(5-1)9-11-6-2-4-8-13(11)12;6*1-2/h5-13H,3-4,14-15H2,1-2H3;5-12,14H,3-4,13,15H2,1-2H3;5-13H,3-4,14-15H2,1-2H3;3*1-8H,9H2;6*1-2H3. The largest absolute Gasteiger partial charge is 0.218 e. The molecule has 9 nitrogen and oxygen atoms in total. The quantitative estimate of drug-likeness (QED) is 0.118. The molecule has 6 aliphatic rings. The van der Waals surface area contributed by atoms with Gasteiger partial charge in [-0.2, -0.15) is 0 Å². The number of benzene rings is 15. The summed E-state index contributed by atoms with van der Waals surface area (Å²) in [4.78, 5) is 42.0. The summed E-state index contributed by atoms with van der Waals surface area (Å²) in [6.45, 7) is 36.6. The Labute approximate surface area is 804 Å². The van der Waals surface area contributed by atoms with Crippen molar-refractivity contribution in [2.75, 3.05) is 0 Å². The molecule has 0 saturated heterocycles. The smallest absolute Gasteiger partial charge is 0.137 e. The van der Waals surface area contributed by atoms with E-state index in [-0.39, 0.29) is 0 Å². The molecular formula is C126H135N9. The Morgan fingerprint density at radius 1 is 0.178 bits per heavy atom. The van der Waals surface area contributed by atoms with Gasteiger partial charge in [-0.15, -0.1) is 0 Å². The summed E-state index contributed by atoms with van der Waals surface area (Å²) in [7, 11) is 0. The first-order valence-electron chi connectivity index (χ1n) is 50.2. The van der Waals surface area contributed by atoms with Gasteiger partial charge in [-0.05, 0) is 227 Å². The van der Waals surface area contributed by atoms with Gasteiger partial charge in [0.05, 0.1) is 0 Å². The lowest BCUT2D eigenvalue weighted by atomic mass is 9.92. The van der Waals surface area contributed by atoms with E-state index in [1.807, 2.05) is 83.1 Å². The monoisotopic (exact) mass is 1770 g/mol. The molecular weight excluding hydrogens is 1640 g/mol. The van der Waals surface area contributed by atoms with Gasteiger partial charge in [-0.3, -0.25) is 0 Å². The Bertz CT molecular complexity index is 6630. The minimum Gasteiger partial charge on any atom is -0.218 e. The summed E-state index contributed by atoms with van der Waals surface area (Å²) in [5.74, 6) is 7.96. The highest BCUT2D eigenvalue weighted by Crippen LogP contribution is 2.47. The molecule has 3 aromatic heterocycles. The Balaban J connectivity index is 0.000000138. The zero-order valence-corrected chi connectivity index (χ0v) is 83.1. The Morgan fingerprint density at radius 2 is 0.444 bits per heavy atom. The number of hydrogen-bond acceptors (Lipinski definition) is 9. The second-order valence-corrected chi connectivity index (χ2v) is 32.7. The lowest BCUT2D eigenvalue weighted by Gasteiger charge is -2.13. The molecule has 0 aliphatic heterocycles. The molecule has 0 bridgehead atoms. The number of rotatable bonds is 12. The van der Waals surface area contributed by atoms with Crippen molar-refractivity contribution in [3.8, 4) is 66.8 Å². The molecule has 0 spiro atoms. The van der Waals surface area contributed by atoms with E-state index in [9.17, 15) is 0 Å². The summed E-state index contributed by atoms with van der Waals surface area (Å²) in [6.07, 6.45) is 13.5. The van der Waals surface area contributed by atoms with Crippen molar-refractivity contribution in [3.05, 3.63) is 445 Å². The van der Waals surface area contributed by atoms with Crippen molar-refractivity contribution < 1.29 is 0 Å². The van der Waals surface area contributed by atoms with Crippen molar-refractivity contribution in [3.63, 3.8) is 0 Å². The molecule has 3 heterocycles. The fourth-order valence-corrected chi connectivity index (χ4v) is 19.2. The molecule has 0 radical (unpaired) electrons. The molecule has 684 valence electrons. The molecule has 0 atom stereocenters. The van der Waals surface area contributed by atoms with E-state index in [1.165, 1.54) is 183 Å². The SMILES string of the molecule is CC.CC.CC.CC.CC.CC.CCc1nc(CC)nc(Cc2cc3c(c4ccccc24)Cc2ccccc2-3)n1.CCc1nc(CC)nc(Cc2cc3ccccc3c3c2-c2ccccc2C3)n1.CCc1nc(CC)nc(Cc2cccc3ccc4c(c23)Cc2ccccc2-4)n1.c1ccc2c(c1)Cc1ccccc1-2.c1ccc2c(c1)Cc1ccccc1-2.c1ccc2c(c1)Cc1ccccc1-2. The molecule has 135 heavy (non-hydrogen) atoms. The zero-order chi connectivity index (χ0) is 95.3. The van der Waals surface area contributed by atoms with E-state index in [4.69, 9.17) is 29.9 Å². The van der Waals surface area contributed by atoms with Crippen LogP contribution in [0.15, 0.2) is 309 Å². The molecule has 24 rings (SSSR count). The molecule has 0 N–H and O–H groups in total. The van der Waals surface area contributed by atoms with Gasteiger partial charge in [-0.25, -0.2) is 44.9 Å². The summed E-state index contributed by atoms with van der Waals surface area (Å²) in [5.41, 5.74) is 38.0. The molecule has 0 amide bonds. The van der Waals surface area contributed by atoms with Crippen LogP contribution >= 0.6 is 0 Å². The highest BCUT2D eigenvalue weighted by atomic mass is 15.0. The van der Waals surface area contributed by atoms with Gasteiger partial charge in [0, 0.05) is 57.8 Å². The van der Waals surface area contributed by atoms with E-state index >= 15 is 0 Å². The van der Waals surface area contributed by atoms with Crippen LogP contribution < -0.4 is 0 Å². The number of fused-ring (bicyclic) bond motifs is 24. The normalized spacial score (nSPS) is 11.4. The third kappa shape index (κ3) is 22.3. The van der Waals surface area contributed by atoms with Crippen LogP contribution in [0, 0.1) is 0 Å². The fraction of sp³-hybridized carbons (Fsp3) is 0.262. The first-order chi connectivity index (χ1) is 66.6. The van der Waals surface area contributed by atoms with Crippen LogP contribution in [0.2, 0.25) is 0 Å². The molecule has 0 saturated carbocycles. The summed E-state index contributed by atoms with van der Waals surface area (Å²) in [6, 6.07) is 112. The predicted octanol–water partition coefficient (Wildman–Crippen LogP) is 31.9. The van der Waals surface area contributed by atoms with E-state index in [2.05, 4.69) is 366 Å². The van der Waals surface area contributed by atoms with Crippen LogP contribution in [0.5, 0.6) is 0 Å². The average Bonchev–Trinajstić information content (AvgIpc) is 1.59. The fourth-order valence-electron chi connectivity index (χ4n) is 19.2. The molecule has 0 fully saturated rings. The predicted molar refractivity (Wildman–Crippen MR) is 573 cm³/mol. The van der Waals surface area contributed by atoms with E-state index in [1.54, 1.807) is 0 Å². The van der Waals surface area contributed by atoms with Crippen molar-refractivity contribution in [1.29, 1.82) is 0 Å². The van der Waals surface area contributed by atoms with E-state index in [0.29, 0.717) is 0 Å². The highest BCUT2D eigenvalue weighted by Gasteiger charge is 2.28. The first-order valence-corrected chi connectivity index (χ1v) is 50.2. The van der Waals surface area contributed by atoms with Crippen molar-refractivity contribution in [1.82, 2.24) is 44.9 Å². The van der Waals surface area contributed by atoms with Crippen LogP contribution in [0.3, 0.4) is 0 Å². The van der Waals surface area contributed by atoms with Crippen LogP contribution in [0.25, 0.3) is 99.1 Å². The van der Waals surface area contributed by atoms with Crippen LogP contribution in [-0.4, -0.2) is 44.9 Å².